The fourth-order valence-electron chi connectivity index (χ4n) is 3.14. The summed E-state index contributed by atoms with van der Waals surface area (Å²) in [5, 5.41) is 7.10. The third kappa shape index (κ3) is 2.75. The van der Waals surface area contributed by atoms with Gasteiger partial charge in [0.25, 0.3) is 5.91 Å². The molecule has 0 saturated carbocycles. The number of carbonyl (C=O) groups is 1. The minimum Gasteiger partial charge on any atom is -0.480 e. The van der Waals surface area contributed by atoms with E-state index in [2.05, 4.69) is 15.2 Å². The molecule has 1 amide bonds. The van der Waals surface area contributed by atoms with Crippen molar-refractivity contribution in [3.05, 3.63) is 41.5 Å². The molecule has 1 aromatic carbocycles. The maximum Gasteiger partial charge on any atom is 0.264 e. The quantitative estimate of drug-likeness (QED) is 0.918. The summed E-state index contributed by atoms with van der Waals surface area (Å²) in [6.45, 7) is 3.51. The first kappa shape index (κ1) is 15.1. The number of para-hydroxylation sites is 1. The van der Waals surface area contributed by atoms with Crippen LogP contribution in [0.15, 0.2) is 24.3 Å². The van der Waals surface area contributed by atoms with Crippen molar-refractivity contribution in [1.29, 1.82) is 0 Å². The second-order valence-corrected chi connectivity index (χ2v) is 6.06. The zero-order chi connectivity index (χ0) is 16.5. The smallest absolute Gasteiger partial charge is 0.264 e. The van der Waals surface area contributed by atoms with Crippen molar-refractivity contribution in [3.8, 4) is 5.75 Å². The van der Waals surface area contributed by atoms with Crippen LogP contribution >= 0.6 is 0 Å². The van der Waals surface area contributed by atoms with Gasteiger partial charge in [-0.25, -0.2) is 4.98 Å². The third-order valence-corrected chi connectivity index (χ3v) is 4.47. The van der Waals surface area contributed by atoms with Crippen molar-refractivity contribution < 1.29 is 14.3 Å². The average molecular weight is 328 g/mol. The molecular formula is C17H20N4O3. The van der Waals surface area contributed by atoms with Crippen LogP contribution in [-0.2, 0) is 22.4 Å². The highest BCUT2D eigenvalue weighted by Crippen LogP contribution is 2.30. The number of benzene rings is 1. The van der Waals surface area contributed by atoms with Crippen molar-refractivity contribution in [2.75, 3.05) is 19.7 Å². The summed E-state index contributed by atoms with van der Waals surface area (Å²) in [5.41, 5.74) is 1.09. The van der Waals surface area contributed by atoms with Crippen LogP contribution in [0.5, 0.6) is 5.75 Å². The molecule has 0 radical (unpaired) electrons. The van der Waals surface area contributed by atoms with Gasteiger partial charge in [-0.05, 0) is 11.6 Å². The number of amides is 1. The first-order valence-corrected chi connectivity index (χ1v) is 8.30. The fourth-order valence-corrected chi connectivity index (χ4v) is 3.14. The number of nitrogens with one attached hydrogen (secondary N) is 1. The highest BCUT2D eigenvalue weighted by atomic mass is 16.5. The number of hydrogen-bond acceptors (Lipinski definition) is 5. The molecule has 0 aliphatic carbocycles. The Balaban J connectivity index is 1.44. The molecule has 1 saturated heterocycles. The summed E-state index contributed by atoms with van der Waals surface area (Å²) >= 11 is 0. The summed E-state index contributed by atoms with van der Waals surface area (Å²) in [6.07, 6.45) is 0.677. The van der Waals surface area contributed by atoms with Gasteiger partial charge in [0, 0.05) is 19.4 Å². The summed E-state index contributed by atoms with van der Waals surface area (Å²) in [5.74, 6) is 2.25. The number of morpholine rings is 1. The molecule has 2 aliphatic heterocycles. The number of aromatic nitrogens is 3. The number of ether oxygens (including phenoxy) is 2. The van der Waals surface area contributed by atoms with E-state index in [-0.39, 0.29) is 12.0 Å². The van der Waals surface area contributed by atoms with Gasteiger partial charge in [-0.1, -0.05) is 25.1 Å². The van der Waals surface area contributed by atoms with Crippen molar-refractivity contribution in [3.63, 3.8) is 0 Å². The first-order chi connectivity index (χ1) is 11.7. The van der Waals surface area contributed by atoms with Crippen molar-refractivity contribution in [2.45, 2.75) is 32.0 Å². The predicted molar refractivity (Wildman–Crippen MR) is 85.6 cm³/mol. The van der Waals surface area contributed by atoms with E-state index < -0.39 is 6.10 Å². The standard InChI is InChI=1S/C17H20N4O3/c1-2-15-18-16(20-19-15)14-10-21(7-8-23-14)17(22)13-9-11-5-3-4-6-12(11)24-13/h3-6,13-14H,2,7-10H2,1H3,(H,18,19,20)/t13-,14+/m0/s1. The average Bonchev–Trinajstić information content (AvgIpc) is 3.27. The molecule has 2 aromatic rings. The molecule has 2 aliphatic rings. The molecule has 24 heavy (non-hydrogen) atoms. The van der Waals surface area contributed by atoms with E-state index in [1.54, 1.807) is 4.90 Å². The van der Waals surface area contributed by atoms with Crippen LogP contribution in [0.2, 0.25) is 0 Å². The molecule has 7 nitrogen and oxygen atoms in total. The predicted octanol–water partition coefficient (Wildman–Crippen LogP) is 1.27. The van der Waals surface area contributed by atoms with E-state index in [0.29, 0.717) is 31.9 Å². The second-order valence-electron chi connectivity index (χ2n) is 6.06. The van der Waals surface area contributed by atoms with E-state index in [1.165, 1.54) is 0 Å². The van der Waals surface area contributed by atoms with Crippen LogP contribution in [0.25, 0.3) is 0 Å². The van der Waals surface area contributed by atoms with Gasteiger partial charge in [0.2, 0.25) is 0 Å². The lowest BCUT2D eigenvalue weighted by Crippen LogP contribution is -2.48. The summed E-state index contributed by atoms with van der Waals surface area (Å²) < 4.78 is 11.6. The van der Waals surface area contributed by atoms with Crippen LogP contribution in [0.3, 0.4) is 0 Å². The summed E-state index contributed by atoms with van der Waals surface area (Å²) in [4.78, 5) is 19.0. The molecular weight excluding hydrogens is 308 g/mol. The minimum atomic E-state index is -0.445. The summed E-state index contributed by atoms with van der Waals surface area (Å²) in [6, 6.07) is 7.80. The molecule has 4 rings (SSSR count). The molecule has 1 N–H and O–H groups in total. The largest absolute Gasteiger partial charge is 0.480 e. The van der Waals surface area contributed by atoms with Gasteiger partial charge in [0.1, 0.15) is 17.7 Å². The van der Waals surface area contributed by atoms with Crippen LogP contribution < -0.4 is 4.74 Å². The normalized spacial score (nSPS) is 23.0. The topological polar surface area (TPSA) is 80.3 Å². The lowest BCUT2D eigenvalue weighted by atomic mass is 10.1. The Bertz CT molecular complexity index is 720. The molecule has 1 fully saturated rings. The third-order valence-electron chi connectivity index (χ3n) is 4.47. The Kier molecular flexibility index (Phi) is 3.93. The van der Waals surface area contributed by atoms with Crippen LogP contribution in [0.4, 0.5) is 0 Å². The molecule has 3 heterocycles. The molecule has 2 atom stereocenters. The van der Waals surface area contributed by atoms with Gasteiger partial charge in [-0.15, -0.1) is 0 Å². The van der Waals surface area contributed by atoms with Gasteiger partial charge in [0.15, 0.2) is 11.9 Å². The molecule has 0 bridgehead atoms. The highest BCUT2D eigenvalue weighted by Gasteiger charge is 2.35. The Morgan fingerprint density at radius 2 is 2.29 bits per heavy atom. The van der Waals surface area contributed by atoms with Crippen LogP contribution in [-0.4, -0.2) is 51.8 Å². The van der Waals surface area contributed by atoms with Gasteiger partial charge in [0.05, 0.1) is 13.2 Å². The van der Waals surface area contributed by atoms with Crippen molar-refractivity contribution in [2.24, 2.45) is 0 Å². The Morgan fingerprint density at radius 3 is 3.08 bits per heavy atom. The second kappa shape index (κ2) is 6.24. The monoisotopic (exact) mass is 328 g/mol. The van der Waals surface area contributed by atoms with Gasteiger partial charge >= 0.3 is 0 Å². The van der Waals surface area contributed by atoms with Crippen molar-refractivity contribution in [1.82, 2.24) is 20.1 Å². The van der Waals surface area contributed by atoms with Gasteiger partial charge in [-0.2, -0.15) is 5.10 Å². The number of hydrogen-bond donors (Lipinski definition) is 1. The van der Waals surface area contributed by atoms with E-state index in [1.807, 2.05) is 31.2 Å². The van der Waals surface area contributed by atoms with E-state index in [9.17, 15) is 4.79 Å². The zero-order valence-electron chi connectivity index (χ0n) is 13.6. The Labute approximate surface area is 140 Å². The molecule has 0 unspecified atom stereocenters. The van der Waals surface area contributed by atoms with Gasteiger partial charge < -0.3 is 14.4 Å². The van der Waals surface area contributed by atoms with Crippen LogP contribution in [0, 0.1) is 0 Å². The minimum absolute atomic E-state index is 0.00532. The summed E-state index contributed by atoms with van der Waals surface area (Å²) in [7, 11) is 0. The van der Waals surface area contributed by atoms with E-state index in [4.69, 9.17) is 9.47 Å². The zero-order valence-corrected chi connectivity index (χ0v) is 13.6. The Hall–Kier alpha value is -2.41. The number of aromatic amines is 1. The maximum absolute atomic E-state index is 12.8. The van der Waals surface area contributed by atoms with E-state index in [0.717, 1.165) is 23.6 Å². The van der Waals surface area contributed by atoms with Crippen molar-refractivity contribution >= 4 is 5.91 Å². The number of carbonyl (C=O) groups excluding carboxylic acids is 1. The molecule has 0 spiro atoms. The fraction of sp³-hybridized carbons (Fsp3) is 0.471. The molecule has 7 heteroatoms. The lowest BCUT2D eigenvalue weighted by molar-refractivity contribution is -0.146. The number of nitrogens with zero attached hydrogens (tertiary/aromatic N) is 3. The number of aryl methyl sites for hydroxylation is 1. The highest BCUT2D eigenvalue weighted by molar-refractivity contribution is 5.82. The van der Waals surface area contributed by atoms with E-state index >= 15 is 0 Å². The SMILES string of the molecule is CCc1nc([C@H]2CN(C(=O)[C@@H]3Cc4ccccc4O3)CCO2)n[nH]1. The number of rotatable bonds is 3. The van der Waals surface area contributed by atoms with Gasteiger partial charge in [-0.3, -0.25) is 9.89 Å². The molecule has 126 valence electrons. The maximum atomic E-state index is 12.8. The number of fused-ring (bicyclic) bond motifs is 1. The first-order valence-electron chi connectivity index (χ1n) is 8.30. The Morgan fingerprint density at radius 1 is 1.42 bits per heavy atom. The number of H-pyrrole nitrogens is 1. The lowest BCUT2D eigenvalue weighted by Gasteiger charge is -2.32. The molecule has 1 aromatic heterocycles. The van der Waals surface area contributed by atoms with Crippen LogP contribution in [0.1, 0.15) is 30.2 Å².